The average molecular weight is 305 g/mol. The molecule has 0 bridgehead atoms. The molecular formula is C15H19N3O2S. The third-order valence-corrected chi connectivity index (χ3v) is 3.96. The number of nitrogens with two attached hydrogens (primary N) is 1. The first-order chi connectivity index (χ1) is 10.1. The van der Waals surface area contributed by atoms with Gasteiger partial charge in [0, 0.05) is 30.6 Å². The van der Waals surface area contributed by atoms with Crippen LogP contribution in [0.4, 0.5) is 0 Å². The maximum atomic E-state index is 10.6. The number of nitrogens with one attached hydrogen (secondary N) is 1. The van der Waals surface area contributed by atoms with Crippen LogP contribution in [0, 0.1) is 0 Å². The van der Waals surface area contributed by atoms with E-state index in [2.05, 4.69) is 17.2 Å². The monoisotopic (exact) mass is 305 g/mol. The number of carbonyl (C=O) groups is 1. The van der Waals surface area contributed by atoms with Crippen LogP contribution in [0.15, 0.2) is 35.8 Å². The minimum atomic E-state index is -0.475. The first-order valence-electron chi connectivity index (χ1n) is 6.75. The van der Waals surface area contributed by atoms with Gasteiger partial charge in [0.25, 0.3) is 5.91 Å². The summed E-state index contributed by atoms with van der Waals surface area (Å²) in [6, 6.07) is 7.61. The first-order valence-corrected chi connectivity index (χ1v) is 7.63. The van der Waals surface area contributed by atoms with Crippen molar-refractivity contribution in [2.75, 3.05) is 13.2 Å². The van der Waals surface area contributed by atoms with Crippen molar-refractivity contribution < 1.29 is 9.53 Å². The Labute approximate surface area is 128 Å². The van der Waals surface area contributed by atoms with E-state index in [0.29, 0.717) is 11.7 Å². The zero-order valence-electron chi connectivity index (χ0n) is 11.9. The van der Waals surface area contributed by atoms with Crippen molar-refractivity contribution in [1.29, 1.82) is 0 Å². The molecule has 0 fully saturated rings. The van der Waals surface area contributed by atoms with Gasteiger partial charge in [-0.1, -0.05) is 19.1 Å². The minimum absolute atomic E-state index is 0.0943. The van der Waals surface area contributed by atoms with Crippen molar-refractivity contribution in [3.8, 4) is 5.75 Å². The van der Waals surface area contributed by atoms with Gasteiger partial charge in [0.15, 0.2) is 6.61 Å². The lowest BCUT2D eigenvalue weighted by Gasteiger charge is -2.10. The predicted molar refractivity (Wildman–Crippen MR) is 83.4 cm³/mol. The normalized spacial score (nSPS) is 12.0. The van der Waals surface area contributed by atoms with E-state index in [9.17, 15) is 4.79 Å². The van der Waals surface area contributed by atoms with Gasteiger partial charge in [-0.15, -0.1) is 11.3 Å². The molecule has 0 spiro atoms. The Hall–Kier alpha value is -1.92. The van der Waals surface area contributed by atoms with E-state index in [1.807, 2.05) is 35.8 Å². The lowest BCUT2D eigenvalue weighted by atomic mass is 10.1. The van der Waals surface area contributed by atoms with Crippen molar-refractivity contribution in [3.63, 3.8) is 0 Å². The van der Waals surface area contributed by atoms with Crippen molar-refractivity contribution in [1.82, 2.24) is 10.3 Å². The van der Waals surface area contributed by atoms with E-state index in [1.54, 1.807) is 11.3 Å². The predicted octanol–water partition coefficient (Wildman–Crippen LogP) is 1.90. The number of primary amides is 1. The number of rotatable bonds is 8. The van der Waals surface area contributed by atoms with Crippen molar-refractivity contribution >= 4 is 17.2 Å². The van der Waals surface area contributed by atoms with E-state index >= 15 is 0 Å². The second kappa shape index (κ2) is 7.75. The number of hydrogen-bond donors (Lipinski definition) is 2. The maximum Gasteiger partial charge on any atom is 0.255 e. The summed E-state index contributed by atoms with van der Waals surface area (Å²) < 4.78 is 5.21. The quantitative estimate of drug-likeness (QED) is 0.781. The molecule has 3 N–H and O–H groups in total. The van der Waals surface area contributed by atoms with E-state index in [0.717, 1.165) is 23.7 Å². The van der Waals surface area contributed by atoms with E-state index in [-0.39, 0.29) is 6.61 Å². The summed E-state index contributed by atoms with van der Waals surface area (Å²) in [7, 11) is 0. The molecule has 2 aromatic rings. The first kappa shape index (κ1) is 15.5. The van der Waals surface area contributed by atoms with Crippen molar-refractivity contribution in [2.45, 2.75) is 19.4 Å². The second-order valence-electron chi connectivity index (χ2n) is 4.80. The molecule has 1 aromatic carbocycles. The van der Waals surface area contributed by atoms with E-state index in [4.69, 9.17) is 10.5 Å². The summed E-state index contributed by atoms with van der Waals surface area (Å²) in [5.74, 6) is 0.578. The van der Waals surface area contributed by atoms with Crippen molar-refractivity contribution in [2.24, 2.45) is 5.73 Å². The summed E-state index contributed by atoms with van der Waals surface area (Å²) >= 11 is 1.68. The highest BCUT2D eigenvalue weighted by molar-refractivity contribution is 7.09. The highest BCUT2D eigenvalue weighted by Gasteiger charge is 2.07. The van der Waals surface area contributed by atoms with Crippen LogP contribution >= 0.6 is 11.3 Å². The summed E-state index contributed by atoms with van der Waals surface area (Å²) in [6.07, 6.45) is 1.83. The van der Waals surface area contributed by atoms with Crippen LogP contribution in [0.2, 0.25) is 0 Å². The Balaban J connectivity index is 1.74. The van der Waals surface area contributed by atoms with E-state index < -0.39 is 5.91 Å². The second-order valence-corrected chi connectivity index (χ2v) is 5.73. The topological polar surface area (TPSA) is 77.2 Å². The van der Waals surface area contributed by atoms with Gasteiger partial charge in [0.05, 0.1) is 5.01 Å². The average Bonchev–Trinajstić information content (AvgIpc) is 3.00. The maximum absolute atomic E-state index is 10.6. The lowest BCUT2D eigenvalue weighted by Crippen LogP contribution is -2.20. The van der Waals surface area contributed by atoms with Crippen molar-refractivity contribution in [3.05, 3.63) is 46.4 Å². The highest BCUT2D eigenvalue weighted by Crippen LogP contribution is 2.17. The standard InChI is InChI=1S/C15H19N3O2S/c1-11(15-18-6-7-21-15)8-17-9-12-2-4-13(5-3-12)20-10-14(16)19/h2-7,11,17H,8-10H2,1H3,(H2,16,19). The molecule has 1 unspecified atom stereocenters. The van der Waals surface area contributed by atoms with Crippen LogP contribution in [0.1, 0.15) is 23.4 Å². The number of nitrogens with zero attached hydrogens (tertiary/aromatic N) is 1. The molecule has 5 nitrogen and oxygen atoms in total. The number of benzene rings is 1. The Kier molecular flexibility index (Phi) is 5.71. The Morgan fingerprint density at radius 2 is 2.19 bits per heavy atom. The fraction of sp³-hybridized carbons (Fsp3) is 0.333. The van der Waals surface area contributed by atoms with Crippen LogP contribution in [0.3, 0.4) is 0 Å². The third kappa shape index (κ3) is 5.17. The van der Waals surface area contributed by atoms with Crippen LogP contribution < -0.4 is 15.8 Å². The van der Waals surface area contributed by atoms with Gasteiger partial charge in [0.1, 0.15) is 5.75 Å². The number of amides is 1. The Bertz CT molecular complexity index is 555. The largest absolute Gasteiger partial charge is 0.484 e. The van der Waals surface area contributed by atoms with Gasteiger partial charge >= 0.3 is 0 Å². The molecule has 1 heterocycles. The Morgan fingerprint density at radius 3 is 2.81 bits per heavy atom. The molecule has 112 valence electrons. The Morgan fingerprint density at radius 1 is 1.43 bits per heavy atom. The van der Waals surface area contributed by atoms with Gasteiger partial charge in [-0.3, -0.25) is 4.79 Å². The molecule has 6 heteroatoms. The molecular weight excluding hydrogens is 286 g/mol. The molecule has 1 atom stereocenters. The lowest BCUT2D eigenvalue weighted by molar-refractivity contribution is -0.119. The van der Waals surface area contributed by atoms with E-state index in [1.165, 1.54) is 0 Å². The zero-order valence-corrected chi connectivity index (χ0v) is 12.7. The zero-order chi connectivity index (χ0) is 15.1. The fourth-order valence-electron chi connectivity index (χ4n) is 1.86. The molecule has 0 saturated carbocycles. The minimum Gasteiger partial charge on any atom is -0.484 e. The molecule has 0 aliphatic heterocycles. The number of ether oxygens (including phenoxy) is 1. The SMILES string of the molecule is CC(CNCc1ccc(OCC(N)=O)cc1)c1nccs1. The van der Waals surface area contributed by atoms with Gasteiger partial charge in [-0.05, 0) is 17.7 Å². The molecule has 0 aliphatic rings. The smallest absolute Gasteiger partial charge is 0.255 e. The summed E-state index contributed by atoms with van der Waals surface area (Å²) in [4.78, 5) is 14.9. The summed E-state index contributed by atoms with van der Waals surface area (Å²) in [5, 5.41) is 6.56. The van der Waals surface area contributed by atoms with Gasteiger partial charge in [-0.2, -0.15) is 0 Å². The number of hydrogen-bond acceptors (Lipinski definition) is 5. The van der Waals surface area contributed by atoms with Crippen LogP contribution in [0.5, 0.6) is 5.75 Å². The molecule has 2 rings (SSSR count). The summed E-state index contributed by atoms with van der Waals surface area (Å²) in [6.45, 7) is 3.73. The third-order valence-electron chi connectivity index (χ3n) is 2.96. The number of carbonyl (C=O) groups excluding carboxylic acids is 1. The number of aromatic nitrogens is 1. The molecule has 0 radical (unpaired) electrons. The van der Waals surface area contributed by atoms with Crippen LogP contribution in [-0.2, 0) is 11.3 Å². The van der Waals surface area contributed by atoms with Gasteiger partial charge in [-0.25, -0.2) is 4.98 Å². The van der Waals surface area contributed by atoms with Gasteiger partial charge in [0.2, 0.25) is 0 Å². The van der Waals surface area contributed by atoms with Gasteiger partial charge < -0.3 is 15.8 Å². The molecule has 0 saturated heterocycles. The van der Waals surface area contributed by atoms with Crippen LogP contribution in [-0.4, -0.2) is 24.0 Å². The molecule has 1 aromatic heterocycles. The highest BCUT2D eigenvalue weighted by atomic mass is 32.1. The molecule has 0 aliphatic carbocycles. The fourth-order valence-corrected chi connectivity index (χ4v) is 2.55. The van der Waals surface area contributed by atoms with Crippen LogP contribution in [0.25, 0.3) is 0 Å². The molecule has 1 amide bonds. The molecule has 21 heavy (non-hydrogen) atoms. The number of thiazole rings is 1. The summed E-state index contributed by atoms with van der Waals surface area (Å²) in [5.41, 5.74) is 6.19.